The Kier molecular flexibility index (Phi) is 6.45. The zero-order chi connectivity index (χ0) is 18.5. The van der Waals surface area contributed by atoms with Gasteiger partial charge in [0.15, 0.2) is 0 Å². The second-order valence-electron chi connectivity index (χ2n) is 8.13. The molecule has 0 N–H and O–H groups in total. The van der Waals surface area contributed by atoms with Gasteiger partial charge in [0.05, 0.1) is 0 Å². The second-order valence-corrected chi connectivity index (χ2v) is 8.13. The highest BCUT2D eigenvalue weighted by atomic mass is 19.1. The summed E-state index contributed by atoms with van der Waals surface area (Å²) in [6.07, 6.45) is 10.6. The molecule has 3 rings (SSSR count). The molecule has 0 heterocycles. The summed E-state index contributed by atoms with van der Waals surface area (Å²) in [4.78, 5) is 0. The normalized spacial score (nSPS) is 20.3. The van der Waals surface area contributed by atoms with Gasteiger partial charge in [-0.15, -0.1) is 0 Å². The van der Waals surface area contributed by atoms with Crippen molar-refractivity contribution in [3.63, 3.8) is 0 Å². The van der Waals surface area contributed by atoms with Crippen molar-refractivity contribution in [2.24, 2.45) is 11.8 Å². The molecule has 2 aromatic rings. The van der Waals surface area contributed by atoms with Crippen LogP contribution in [0.15, 0.2) is 36.4 Å². The lowest BCUT2D eigenvalue weighted by atomic mass is 9.80. The minimum atomic E-state index is -0.485. The molecule has 1 aliphatic carbocycles. The first-order valence-electron chi connectivity index (χ1n) is 10.1. The highest BCUT2D eigenvalue weighted by Crippen LogP contribution is 2.31. The molecule has 0 nitrogen and oxygen atoms in total. The van der Waals surface area contributed by atoms with E-state index in [1.807, 2.05) is 12.1 Å². The van der Waals surface area contributed by atoms with Crippen LogP contribution in [0.1, 0.15) is 63.0 Å². The minimum absolute atomic E-state index is 0.0813. The Morgan fingerprint density at radius 1 is 0.846 bits per heavy atom. The Morgan fingerprint density at radius 2 is 1.46 bits per heavy atom. The van der Waals surface area contributed by atoms with E-state index in [0.29, 0.717) is 5.56 Å². The van der Waals surface area contributed by atoms with Gasteiger partial charge in [0, 0.05) is 5.56 Å². The summed E-state index contributed by atoms with van der Waals surface area (Å²) in [5.41, 5.74) is 2.85. The first-order chi connectivity index (χ1) is 12.5. The molecule has 0 saturated heterocycles. The van der Waals surface area contributed by atoms with Gasteiger partial charge in [-0.3, -0.25) is 0 Å². The summed E-state index contributed by atoms with van der Waals surface area (Å²) >= 11 is 0. The number of benzene rings is 2. The van der Waals surface area contributed by atoms with E-state index in [0.717, 1.165) is 23.8 Å². The largest absolute Gasteiger partial charge is 0.207 e. The van der Waals surface area contributed by atoms with E-state index in [2.05, 4.69) is 19.1 Å². The SMILES string of the molecule is Cc1c(F)cc(-c2ccc(CCCCC3CCC(C)CC3)cc2)cc1F. The average molecular weight is 356 g/mol. The smallest absolute Gasteiger partial charge is 0.129 e. The quantitative estimate of drug-likeness (QED) is 0.471. The maximum atomic E-state index is 13.7. The van der Waals surface area contributed by atoms with E-state index < -0.39 is 11.6 Å². The zero-order valence-corrected chi connectivity index (χ0v) is 16.0. The first-order valence-corrected chi connectivity index (χ1v) is 10.1. The molecule has 2 heteroatoms. The molecule has 1 fully saturated rings. The van der Waals surface area contributed by atoms with Crippen molar-refractivity contribution in [3.8, 4) is 11.1 Å². The van der Waals surface area contributed by atoms with Gasteiger partial charge < -0.3 is 0 Å². The van der Waals surface area contributed by atoms with Crippen LogP contribution in [-0.4, -0.2) is 0 Å². The predicted octanol–water partition coefficient (Wildman–Crippen LogP) is 7.48. The number of unbranched alkanes of at least 4 members (excludes halogenated alkanes) is 1. The molecule has 2 aromatic carbocycles. The Morgan fingerprint density at radius 3 is 2.08 bits per heavy atom. The lowest BCUT2D eigenvalue weighted by molar-refractivity contribution is 0.272. The lowest BCUT2D eigenvalue weighted by Crippen LogP contribution is -2.12. The monoisotopic (exact) mass is 356 g/mol. The molecule has 1 saturated carbocycles. The topological polar surface area (TPSA) is 0 Å². The minimum Gasteiger partial charge on any atom is -0.207 e. The molecular weight excluding hydrogens is 326 g/mol. The van der Waals surface area contributed by atoms with Crippen LogP contribution < -0.4 is 0 Å². The van der Waals surface area contributed by atoms with Crippen LogP contribution in [0.25, 0.3) is 11.1 Å². The third-order valence-electron chi connectivity index (χ3n) is 6.03. The van der Waals surface area contributed by atoms with E-state index in [9.17, 15) is 8.78 Å². The standard InChI is InChI=1S/C24H30F2/c1-17-7-9-19(10-8-17)5-3-4-6-20-11-13-21(14-12-20)22-15-23(25)18(2)24(26)16-22/h11-17,19H,3-10H2,1-2H3. The number of hydrogen-bond acceptors (Lipinski definition) is 0. The van der Waals surface area contributed by atoms with Gasteiger partial charge in [-0.1, -0.05) is 69.7 Å². The van der Waals surface area contributed by atoms with E-state index in [-0.39, 0.29) is 5.56 Å². The Labute approximate surface area is 156 Å². The van der Waals surface area contributed by atoms with Gasteiger partial charge in [-0.2, -0.15) is 0 Å². The van der Waals surface area contributed by atoms with Gasteiger partial charge in [0.2, 0.25) is 0 Å². The van der Waals surface area contributed by atoms with Crippen molar-refractivity contribution in [1.82, 2.24) is 0 Å². The number of hydrogen-bond donors (Lipinski definition) is 0. The van der Waals surface area contributed by atoms with Gasteiger partial charge in [0.25, 0.3) is 0 Å². The van der Waals surface area contributed by atoms with Crippen LogP contribution in [0.2, 0.25) is 0 Å². The summed E-state index contributed by atoms with van der Waals surface area (Å²) in [5, 5.41) is 0. The van der Waals surface area contributed by atoms with Crippen LogP contribution in [0.4, 0.5) is 8.78 Å². The number of aryl methyl sites for hydroxylation is 1. The number of rotatable bonds is 6. The van der Waals surface area contributed by atoms with E-state index in [1.54, 1.807) is 0 Å². The zero-order valence-electron chi connectivity index (χ0n) is 16.0. The van der Waals surface area contributed by atoms with E-state index in [1.165, 1.54) is 69.6 Å². The molecule has 0 atom stereocenters. The van der Waals surface area contributed by atoms with Crippen molar-refractivity contribution >= 4 is 0 Å². The van der Waals surface area contributed by atoms with Crippen LogP contribution >= 0.6 is 0 Å². The summed E-state index contributed by atoms with van der Waals surface area (Å²) in [7, 11) is 0. The number of halogens is 2. The summed E-state index contributed by atoms with van der Waals surface area (Å²) in [5.74, 6) is 0.905. The van der Waals surface area contributed by atoms with Crippen molar-refractivity contribution in [1.29, 1.82) is 0 Å². The molecule has 0 aliphatic heterocycles. The van der Waals surface area contributed by atoms with Crippen LogP contribution in [0, 0.1) is 30.4 Å². The van der Waals surface area contributed by atoms with Crippen molar-refractivity contribution in [3.05, 3.63) is 59.2 Å². The third-order valence-corrected chi connectivity index (χ3v) is 6.03. The molecular formula is C24H30F2. The van der Waals surface area contributed by atoms with Crippen molar-refractivity contribution < 1.29 is 8.78 Å². The third kappa shape index (κ3) is 4.93. The van der Waals surface area contributed by atoms with Crippen LogP contribution in [0.3, 0.4) is 0 Å². The van der Waals surface area contributed by atoms with Crippen LogP contribution in [0.5, 0.6) is 0 Å². The summed E-state index contributed by atoms with van der Waals surface area (Å²) in [6.45, 7) is 3.84. The molecule has 26 heavy (non-hydrogen) atoms. The molecule has 0 aromatic heterocycles. The maximum absolute atomic E-state index is 13.7. The van der Waals surface area contributed by atoms with Crippen molar-refractivity contribution in [2.75, 3.05) is 0 Å². The van der Waals surface area contributed by atoms with Gasteiger partial charge in [-0.25, -0.2) is 8.78 Å². The molecule has 0 radical (unpaired) electrons. The highest BCUT2D eigenvalue weighted by molar-refractivity contribution is 5.64. The van der Waals surface area contributed by atoms with Crippen molar-refractivity contribution in [2.45, 2.75) is 65.2 Å². The Balaban J connectivity index is 1.49. The van der Waals surface area contributed by atoms with E-state index in [4.69, 9.17) is 0 Å². The lowest BCUT2D eigenvalue weighted by Gasteiger charge is -2.26. The Bertz CT molecular complexity index is 686. The second kappa shape index (κ2) is 8.79. The summed E-state index contributed by atoms with van der Waals surface area (Å²) < 4.78 is 27.5. The molecule has 0 bridgehead atoms. The molecule has 140 valence electrons. The fourth-order valence-electron chi connectivity index (χ4n) is 4.06. The fourth-order valence-corrected chi connectivity index (χ4v) is 4.06. The average Bonchev–Trinajstić information content (AvgIpc) is 2.65. The van der Waals surface area contributed by atoms with E-state index >= 15 is 0 Å². The fraction of sp³-hybridized carbons (Fsp3) is 0.500. The highest BCUT2D eigenvalue weighted by Gasteiger charge is 2.17. The maximum Gasteiger partial charge on any atom is 0.129 e. The van der Waals surface area contributed by atoms with Crippen LogP contribution in [-0.2, 0) is 6.42 Å². The molecule has 1 aliphatic rings. The van der Waals surface area contributed by atoms with Gasteiger partial charge in [-0.05, 0) is 60.4 Å². The first kappa shape index (κ1) is 19.1. The summed E-state index contributed by atoms with van der Waals surface area (Å²) in [6, 6.07) is 11.0. The Hall–Kier alpha value is -1.70. The molecule has 0 unspecified atom stereocenters. The predicted molar refractivity (Wildman–Crippen MR) is 105 cm³/mol. The molecule has 0 amide bonds. The van der Waals surface area contributed by atoms with Gasteiger partial charge >= 0.3 is 0 Å². The molecule has 0 spiro atoms. The van der Waals surface area contributed by atoms with Gasteiger partial charge in [0.1, 0.15) is 11.6 Å².